The number of hydrogen-bond acceptors (Lipinski definition) is 1. The van der Waals surface area contributed by atoms with E-state index in [1.54, 1.807) is 7.05 Å². The third kappa shape index (κ3) is 3.71. The number of carbonyl (C=O) groups is 1. The lowest BCUT2D eigenvalue weighted by Gasteiger charge is -2.01. The number of amides is 1. The van der Waals surface area contributed by atoms with E-state index in [2.05, 4.69) is 26.2 Å². The fraction of sp³-hybridized carbons (Fsp3) is 0.105. The molecule has 0 unspecified atom stereocenters. The van der Waals surface area contributed by atoms with E-state index >= 15 is 0 Å². The monoisotopic (exact) mass is 402 g/mol. The molecule has 0 saturated carbocycles. The van der Waals surface area contributed by atoms with Crippen LogP contribution in [0.15, 0.2) is 46.9 Å². The Morgan fingerprint density at radius 1 is 1.21 bits per heavy atom. The van der Waals surface area contributed by atoms with Crippen molar-refractivity contribution < 1.29 is 4.79 Å². The Labute approximate surface area is 153 Å². The fourth-order valence-electron chi connectivity index (χ4n) is 2.58. The van der Waals surface area contributed by atoms with Crippen LogP contribution in [0.2, 0.25) is 5.02 Å². The van der Waals surface area contributed by atoms with Crippen molar-refractivity contribution in [2.75, 3.05) is 7.05 Å². The topological polar surface area (TPSA) is 44.9 Å². The van der Waals surface area contributed by atoms with E-state index in [1.807, 2.05) is 54.6 Å². The molecule has 0 atom stereocenters. The highest BCUT2D eigenvalue weighted by Gasteiger charge is 2.13. The van der Waals surface area contributed by atoms with Gasteiger partial charge in [0.2, 0.25) is 5.91 Å². The molecule has 1 amide bonds. The van der Waals surface area contributed by atoms with Crippen LogP contribution >= 0.6 is 27.5 Å². The van der Waals surface area contributed by atoms with Crippen molar-refractivity contribution in [1.29, 1.82) is 0 Å². The molecule has 3 rings (SSSR count). The van der Waals surface area contributed by atoms with E-state index < -0.39 is 0 Å². The van der Waals surface area contributed by atoms with Gasteiger partial charge < -0.3 is 10.3 Å². The number of H-pyrrole nitrogens is 1. The first kappa shape index (κ1) is 16.8. The fourth-order valence-corrected chi connectivity index (χ4v) is 3.07. The molecule has 3 nitrogen and oxygen atoms in total. The molecular formula is C19H16BrClN2O. The van der Waals surface area contributed by atoms with Crippen LogP contribution in [0.5, 0.6) is 0 Å². The molecule has 24 heavy (non-hydrogen) atoms. The lowest BCUT2D eigenvalue weighted by molar-refractivity contribution is -0.119. The first-order valence-corrected chi connectivity index (χ1v) is 8.68. The Morgan fingerprint density at radius 3 is 2.67 bits per heavy atom. The number of likely N-dealkylation sites (N-methyl/N-ethyl adjacent to an activating group) is 1. The van der Waals surface area contributed by atoms with Gasteiger partial charge in [0.15, 0.2) is 0 Å². The maximum Gasteiger partial charge on any atom is 0.224 e. The molecule has 5 heteroatoms. The zero-order valence-electron chi connectivity index (χ0n) is 13.1. The van der Waals surface area contributed by atoms with E-state index in [4.69, 9.17) is 11.6 Å². The van der Waals surface area contributed by atoms with E-state index in [9.17, 15) is 4.79 Å². The molecule has 0 aliphatic rings. The average molecular weight is 404 g/mol. The molecule has 0 aliphatic heterocycles. The van der Waals surface area contributed by atoms with Crippen LogP contribution in [-0.2, 0) is 11.2 Å². The van der Waals surface area contributed by atoms with Gasteiger partial charge in [-0.3, -0.25) is 4.79 Å². The van der Waals surface area contributed by atoms with Crippen molar-refractivity contribution >= 4 is 56.5 Å². The second-order valence-electron chi connectivity index (χ2n) is 5.44. The van der Waals surface area contributed by atoms with Crippen molar-refractivity contribution in [2.45, 2.75) is 6.42 Å². The SMILES string of the molecule is CNC(=O)Cc1c(/C=C/c2ccc(Cl)cc2)[nH]c2cc(Br)ccc12. The summed E-state index contributed by atoms with van der Waals surface area (Å²) in [6.45, 7) is 0. The van der Waals surface area contributed by atoms with Crippen LogP contribution in [0.25, 0.3) is 23.1 Å². The van der Waals surface area contributed by atoms with Gasteiger partial charge in [0.1, 0.15) is 0 Å². The Hall–Kier alpha value is -2.04. The van der Waals surface area contributed by atoms with Crippen molar-refractivity contribution in [3.05, 3.63) is 68.8 Å². The highest BCUT2D eigenvalue weighted by atomic mass is 79.9. The third-order valence-electron chi connectivity index (χ3n) is 3.83. The first-order chi connectivity index (χ1) is 11.6. The summed E-state index contributed by atoms with van der Waals surface area (Å²) in [7, 11) is 1.65. The Morgan fingerprint density at radius 2 is 1.96 bits per heavy atom. The summed E-state index contributed by atoms with van der Waals surface area (Å²) in [6, 6.07) is 13.6. The van der Waals surface area contributed by atoms with Gasteiger partial charge in [0.25, 0.3) is 0 Å². The molecule has 0 radical (unpaired) electrons. The number of rotatable bonds is 4. The summed E-state index contributed by atoms with van der Waals surface area (Å²) in [5.74, 6) is -0.0139. The van der Waals surface area contributed by atoms with Gasteiger partial charge in [-0.05, 0) is 41.5 Å². The van der Waals surface area contributed by atoms with Crippen LogP contribution in [0.1, 0.15) is 16.8 Å². The Kier molecular flexibility index (Phi) is 5.07. The Bertz CT molecular complexity index is 913. The maximum absolute atomic E-state index is 11.9. The zero-order chi connectivity index (χ0) is 17.1. The van der Waals surface area contributed by atoms with Gasteiger partial charge in [-0.1, -0.05) is 51.8 Å². The first-order valence-electron chi connectivity index (χ1n) is 7.51. The minimum Gasteiger partial charge on any atom is -0.359 e. The number of nitrogens with one attached hydrogen (secondary N) is 2. The molecule has 122 valence electrons. The number of aromatic nitrogens is 1. The van der Waals surface area contributed by atoms with E-state index in [1.165, 1.54) is 0 Å². The Balaban J connectivity index is 2.03. The second-order valence-corrected chi connectivity index (χ2v) is 6.79. The molecule has 2 N–H and O–H groups in total. The highest BCUT2D eigenvalue weighted by Crippen LogP contribution is 2.27. The average Bonchev–Trinajstić information content (AvgIpc) is 2.91. The zero-order valence-corrected chi connectivity index (χ0v) is 15.4. The van der Waals surface area contributed by atoms with Crippen molar-refractivity contribution in [2.24, 2.45) is 0 Å². The van der Waals surface area contributed by atoms with Crippen LogP contribution in [0.3, 0.4) is 0 Å². The van der Waals surface area contributed by atoms with E-state index in [-0.39, 0.29) is 5.91 Å². The van der Waals surface area contributed by atoms with Crippen LogP contribution in [0, 0.1) is 0 Å². The highest BCUT2D eigenvalue weighted by molar-refractivity contribution is 9.10. The number of fused-ring (bicyclic) bond motifs is 1. The van der Waals surface area contributed by atoms with Gasteiger partial charge >= 0.3 is 0 Å². The molecule has 0 aliphatic carbocycles. The normalized spacial score (nSPS) is 11.3. The lowest BCUT2D eigenvalue weighted by Crippen LogP contribution is -2.20. The molecule has 0 bridgehead atoms. The minimum absolute atomic E-state index is 0.0139. The molecule has 0 spiro atoms. The van der Waals surface area contributed by atoms with Gasteiger partial charge in [0.05, 0.1) is 6.42 Å². The summed E-state index contributed by atoms with van der Waals surface area (Å²) in [6.07, 6.45) is 4.33. The van der Waals surface area contributed by atoms with Crippen LogP contribution in [-0.4, -0.2) is 17.9 Å². The molecule has 2 aromatic carbocycles. The molecule has 3 aromatic rings. The molecule has 1 heterocycles. The molecular weight excluding hydrogens is 388 g/mol. The number of hydrogen-bond donors (Lipinski definition) is 2. The second kappa shape index (κ2) is 7.24. The summed E-state index contributed by atoms with van der Waals surface area (Å²) < 4.78 is 0.996. The number of aromatic amines is 1. The standard InChI is InChI=1S/C19H16BrClN2O/c1-22-19(24)11-16-15-8-5-13(20)10-18(15)23-17(16)9-4-12-2-6-14(21)7-3-12/h2-10,23H,11H2,1H3,(H,22,24)/b9-4+. The van der Waals surface area contributed by atoms with Crippen molar-refractivity contribution in [3.8, 4) is 0 Å². The summed E-state index contributed by atoms with van der Waals surface area (Å²) in [5.41, 5.74) is 3.97. The van der Waals surface area contributed by atoms with Crippen LogP contribution < -0.4 is 5.32 Å². The molecule has 0 fully saturated rings. The molecule has 0 saturated heterocycles. The quantitative estimate of drug-likeness (QED) is 0.629. The van der Waals surface area contributed by atoms with Gasteiger partial charge in [0, 0.05) is 33.1 Å². The predicted octanol–water partition coefficient (Wildman–Crippen LogP) is 5.04. The van der Waals surface area contributed by atoms with Gasteiger partial charge in [-0.2, -0.15) is 0 Å². The lowest BCUT2D eigenvalue weighted by atomic mass is 10.1. The van der Waals surface area contributed by atoms with Gasteiger partial charge in [-0.25, -0.2) is 0 Å². The van der Waals surface area contributed by atoms with Gasteiger partial charge in [-0.15, -0.1) is 0 Å². The number of halogens is 2. The number of carbonyl (C=O) groups excluding carboxylic acids is 1. The number of benzene rings is 2. The summed E-state index contributed by atoms with van der Waals surface area (Å²) in [4.78, 5) is 15.3. The van der Waals surface area contributed by atoms with Crippen LogP contribution in [0.4, 0.5) is 0 Å². The summed E-state index contributed by atoms with van der Waals surface area (Å²) in [5, 5.41) is 4.45. The maximum atomic E-state index is 11.9. The van der Waals surface area contributed by atoms with E-state index in [0.29, 0.717) is 11.4 Å². The largest absolute Gasteiger partial charge is 0.359 e. The summed E-state index contributed by atoms with van der Waals surface area (Å²) >= 11 is 9.40. The van der Waals surface area contributed by atoms with Crippen molar-refractivity contribution in [1.82, 2.24) is 10.3 Å². The smallest absolute Gasteiger partial charge is 0.224 e. The minimum atomic E-state index is -0.0139. The third-order valence-corrected chi connectivity index (χ3v) is 4.58. The predicted molar refractivity (Wildman–Crippen MR) is 104 cm³/mol. The van der Waals surface area contributed by atoms with Crippen molar-refractivity contribution in [3.63, 3.8) is 0 Å². The molecule has 1 aromatic heterocycles. The van der Waals surface area contributed by atoms with E-state index in [0.717, 1.165) is 32.2 Å².